The first kappa shape index (κ1) is 67.4. The van der Waals surface area contributed by atoms with Gasteiger partial charge in [-0.25, -0.2) is 0 Å². The van der Waals surface area contributed by atoms with Crippen LogP contribution in [0.2, 0.25) is 0 Å². The number of benzene rings is 9. The Hall–Kier alpha value is -9.43. The molecular weight excluding hydrogens is 1300 g/mol. The van der Waals surface area contributed by atoms with Crippen LogP contribution in [0.4, 0.5) is 26.3 Å². The van der Waals surface area contributed by atoms with Crippen LogP contribution in [0.3, 0.4) is 0 Å². The fourth-order valence-corrected chi connectivity index (χ4v) is 18.6. The van der Waals surface area contributed by atoms with Gasteiger partial charge in [0.1, 0.15) is 0 Å². The highest BCUT2D eigenvalue weighted by molar-refractivity contribution is 7.19. The van der Waals surface area contributed by atoms with E-state index < -0.39 is 28.9 Å². The Labute approximate surface area is 597 Å². The molecule has 0 fully saturated rings. The molecule has 4 aliphatic rings. The van der Waals surface area contributed by atoms with Gasteiger partial charge in [-0.2, -0.15) is 26.3 Å². The fraction of sp³-hybridized carbons (Fsp3) is 0.226. The molecule has 11 aromatic rings. The molecule has 0 nitrogen and oxygen atoms in total. The Morgan fingerprint density at radius 2 is 0.931 bits per heavy atom. The van der Waals surface area contributed by atoms with Crippen LogP contribution >= 0.6 is 22.7 Å². The van der Waals surface area contributed by atoms with Crippen molar-refractivity contribution in [3.05, 3.63) is 332 Å². The molecule has 0 saturated heterocycles. The average molecular weight is 1370 g/mol. The summed E-state index contributed by atoms with van der Waals surface area (Å²) in [6, 6.07) is 53.5. The van der Waals surface area contributed by atoms with E-state index >= 15 is 26.3 Å². The predicted molar refractivity (Wildman–Crippen MR) is 414 cm³/mol. The highest BCUT2D eigenvalue weighted by Gasteiger charge is 2.80. The van der Waals surface area contributed by atoms with Crippen molar-refractivity contribution in [2.24, 2.45) is 5.41 Å². The molecule has 0 atom stereocenters. The van der Waals surface area contributed by atoms with Crippen LogP contribution in [-0.4, -0.2) is 17.8 Å². The lowest BCUT2D eigenvalue weighted by atomic mass is 9.70. The third-order valence-electron chi connectivity index (χ3n) is 21.3. The second kappa shape index (κ2) is 23.8. The van der Waals surface area contributed by atoms with Crippen LogP contribution in [0.5, 0.6) is 0 Å². The van der Waals surface area contributed by atoms with Gasteiger partial charge in [-0.15, -0.1) is 45.4 Å². The highest BCUT2D eigenvalue weighted by atomic mass is 32.1. The minimum Gasteiger partial charge on any atom is -0.194 e. The average Bonchev–Trinajstić information content (AvgIpc) is 1.53. The summed E-state index contributed by atoms with van der Waals surface area (Å²) in [5.41, 5.74) is 22.8. The number of rotatable bonds is 6. The van der Waals surface area contributed by atoms with Gasteiger partial charge in [-0.3, -0.25) is 0 Å². The van der Waals surface area contributed by atoms with E-state index in [4.69, 9.17) is 0 Å². The van der Waals surface area contributed by atoms with E-state index in [1.54, 1.807) is 38.1 Å². The zero-order chi connectivity index (χ0) is 71.6. The summed E-state index contributed by atoms with van der Waals surface area (Å²) in [4.78, 5) is 0.465. The van der Waals surface area contributed by atoms with E-state index in [9.17, 15) is 0 Å². The SMILES string of the molecule is CC1=C[C+](c2ccc3c(C4=C(c5c(C)sc6cc(-c7cc(C)c([C-]=C8c9ccccc9[C-](c9c(C)cc(C(C)(C)C)cc9C)c9ccccc98)c(C)c7)ccc56)C(F)(F)C(F)(F)C4(F)F)c(C)sc3c2)C=C(C)C1=C=c1c2ccccc2c(=C2C(C)=C[C+](C(C)(C)C)C=C2C)c2ccccc12. The van der Waals surface area contributed by atoms with Gasteiger partial charge in [-0.05, 0) is 98.7 Å². The summed E-state index contributed by atoms with van der Waals surface area (Å²) in [6.07, 6.45) is 12.7. The van der Waals surface area contributed by atoms with Gasteiger partial charge in [0.2, 0.25) is 0 Å². The molecule has 0 bridgehead atoms. The van der Waals surface area contributed by atoms with E-state index in [1.807, 2.05) is 12.1 Å². The number of thiophene rings is 2. The molecule has 0 N–H and O–H groups in total. The molecule has 0 saturated carbocycles. The smallest absolute Gasteiger partial charge is 0.194 e. The maximum absolute atomic E-state index is 17.1. The molecule has 504 valence electrons. The maximum Gasteiger partial charge on any atom is 0.380 e. The molecule has 2 heterocycles. The summed E-state index contributed by atoms with van der Waals surface area (Å²) in [7, 11) is 0. The standard InChI is InChI=1S/C93H78F6S2/c1-49-37-61(38-50(2)75(49)47-77-65-25-17-21-29-69(65)85(70-30-22-18-26-66(70)77)81-53(5)41-63(42-54(81)6)89(11,12)13)59-33-35-73-79(45-59)100-57(9)83(73)87-88(92(96,97)93(98,99)91(87,94)95)84-58(10)101-80-46-60(34-36-74(80)84)62-39-51(3)76(52(4)40-62)48-78-67-27-19-23-31-71(67)86(72-32-24-20-28-68(72)78)82-55(7)43-64(44-56(82)8)90(14,15)16/h17-46H,1-16H3. The zero-order valence-corrected chi connectivity index (χ0v) is 61.5. The van der Waals surface area contributed by atoms with E-state index in [-0.39, 0.29) is 42.5 Å². The molecule has 4 aliphatic carbocycles. The third-order valence-corrected chi connectivity index (χ3v) is 23.4. The monoisotopic (exact) mass is 1370 g/mol. The van der Waals surface area contributed by atoms with Gasteiger partial charge in [0.25, 0.3) is 0 Å². The number of alkyl halides is 6. The van der Waals surface area contributed by atoms with Gasteiger partial charge in [0.15, 0.2) is 0 Å². The lowest BCUT2D eigenvalue weighted by Gasteiger charge is -2.39. The van der Waals surface area contributed by atoms with Crippen molar-refractivity contribution in [3.8, 4) is 11.1 Å². The summed E-state index contributed by atoms with van der Waals surface area (Å²) >= 11 is 2.27. The van der Waals surface area contributed by atoms with Crippen molar-refractivity contribution in [2.45, 2.75) is 134 Å². The molecule has 0 unspecified atom stereocenters. The predicted octanol–water partition coefficient (Wildman–Crippen LogP) is 25.2. The lowest BCUT2D eigenvalue weighted by Crippen LogP contribution is -2.48. The Bertz CT molecular complexity index is 5610. The number of fused-ring (bicyclic) bond motifs is 6. The Morgan fingerprint density at radius 1 is 0.465 bits per heavy atom. The molecule has 101 heavy (non-hydrogen) atoms. The summed E-state index contributed by atoms with van der Waals surface area (Å²) in [5, 5.41) is 7.02. The van der Waals surface area contributed by atoms with Crippen molar-refractivity contribution >= 4 is 92.4 Å². The molecule has 0 spiro atoms. The minimum atomic E-state index is -5.74. The lowest BCUT2D eigenvalue weighted by molar-refractivity contribution is -0.254. The van der Waals surface area contributed by atoms with E-state index in [1.165, 1.54) is 56.0 Å². The Kier molecular flexibility index (Phi) is 15.9. The number of halogens is 6. The first-order valence-corrected chi connectivity index (χ1v) is 36.2. The van der Waals surface area contributed by atoms with Gasteiger partial charge < -0.3 is 0 Å². The first-order chi connectivity index (χ1) is 47.8. The largest absolute Gasteiger partial charge is 0.380 e. The van der Waals surface area contributed by atoms with Crippen molar-refractivity contribution < 1.29 is 26.3 Å². The van der Waals surface area contributed by atoms with E-state index in [0.717, 1.165) is 133 Å². The van der Waals surface area contributed by atoms with Crippen LogP contribution in [0.1, 0.15) is 157 Å². The Morgan fingerprint density at radius 3 is 1.43 bits per heavy atom. The molecule has 15 rings (SSSR count). The van der Waals surface area contributed by atoms with Crippen LogP contribution in [-0.2, 0) is 5.41 Å². The third kappa shape index (κ3) is 10.6. The van der Waals surface area contributed by atoms with Crippen LogP contribution in [0, 0.1) is 70.8 Å². The van der Waals surface area contributed by atoms with Crippen LogP contribution in [0.15, 0.2) is 210 Å². The molecule has 0 aliphatic heterocycles. The molecular formula is C93H78F6S2. The zero-order valence-electron chi connectivity index (χ0n) is 59.9. The second-order valence-corrected chi connectivity index (χ2v) is 32.8. The molecule has 0 radical (unpaired) electrons. The summed E-state index contributed by atoms with van der Waals surface area (Å²) < 4.78 is 102. The van der Waals surface area contributed by atoms with Crippen LogP contribution in [0.25, 0.3) is 80.9 Å². The van der Waals surface area contributed by atoms with Gasteiger partial charge in [-0.1, -0.05) is 244 Å². The minimum absolute atomic E-state index is 0.00430. The molecule has 2 aromatic heterocycles. The topological polar surface area (TPSA) is 0 Å². The van der Waals surface area contributed by atoms with E-state index in [0.29, 0.717) is 9.40 Å². The fourth-order valence-electron chi connectivity index (χ4n) is 16.4. The van der Waals surface area contributed by atoms with E-state index in [2.05, 4.69) is 254 Å². The van der Waals surface area contributed by atoms with Gasteiger partial charge >= 0.3 is 17.8 Å². The normalized spacial score (nSPS) is 16.7. The summed E-state index contributed by atoms with van der Waals surface area (Å²) in [5.74, 6) is -12.9. The number of allylic oxidation sites excluding steroid dienone is 11. The quantitative estimate of drug-likeness (QED) is 0.0884. The molecule has 8 heteroatoms. The van der Waals surface area contributed by atoms with Crippen molar-refractivity contribution in [1.82, 2.24) is 0 Å². The number of hydrogen-bond acceptors (Lipinski definition) is 2. The highest BCUT2D eigenvalue weighted by Crippen LogP contribution is 2.67. The van der Waals surface area contributed by atoms with Crippen molar-refractivity contribution in [2.75, 3.05) is 0 Å². The Balaban J connectivity index is 0.784. The van der Waals surface area contributed by atoms with Crippen molar-refractivity contribution in [1.29, 1.82) is 0 Å². The maximum atomic E-state index is 17.1. The van der Waals surface area contributed by atoms with Gasteiger partial charge in [0.05, 0.1) is 56.5 Å². The van der Waals surface area contributed by atoms with Gasteiger partial charge in [0, 0.05) is 113 Å². The second-order valence-electron chi connectivity index (χ2n) is 30.3. The van der Waals surface area contributed by atoms with Crippen molar-refractivity contribution in [3.63, 3.8) is 0 Å². The molecule has 0 amide bonds. The van der Waals surface area contributed by atoms with Crippen LogP contribution < -0.4 is 10.4 Å². The first-order valence-electron chi connectivity index (χ1n) is 34.6. The summed E-state index contributed by atoms with van der Waals surface area (Å²) in [6.45, 7) is 33.6. The molecule has 9 aromatic carbocycles. The number of aryl methyl sites for hydroxylation is 6. The number of hydrogen-bond donors (Lipinski definition) is 0.